The first-order valence-corrected chi connectivity index (χ1v) is 12.1. The number of ether oxygens (including phenoxy) is 1. The lowest BCUT2D eigenvalue weighted by Crippen LogP contribution is -2.38. The summed E-state index contributed by atoms with van der Waals surface area (Å²) in [5, 5.41) is 11.9. The van der Waals surface area contributed by atoms with Crippen molar-refractivity contribution in [3.05, 3.63) is 81.6 Å². The molecule has 0 aliphatic carbocycles. The SMILES string of the molecule is O=C(c1cnoc1-c1ccccc1Cl)c1nnn(Cc2cc(C(F)(F)F)cc(C(F)(F)F)c2)c1N1CCOCC1. The van der Waals surface area contributed by atoms with Crippen LogP contribution >= 0.6 is 11.6 Å². The first-order chi connectivity index (χ1) is 18.9. The van der Waals surface area contributed by atoms with E-state index in [1.165, 1.54) is 6.20 Å². The number of alkyl halides is 6. The lowest BCUT2D eigenvalue weighted by atomic mass is 10.0. The van der Waals surface area contributed by atoms with Crippen LogP contribution in [0.5, 0.6) is 0 Å². The van der Waals surface area contributed by atoms with E-state index in [1.54, 1.807) is 29.2 Å². The Morgan fingerprint density at radius 1 is 0.975 bits per heavy atom. The lowest BCUT2D eigenvalue weighted by Gasteiger charge is -2.29. The van der Waals surface area contributed by atoms with Gasteiger partial charge >= 0.3 is 12.4 Å². The standard InChI is InChI=1S/C25H18ClF6N5O3/c26-19-4-2-1-3-17(19)22-18(12-33-40-22)21(38)20-23(36-5-7-39-8-6-36)37(35-34-20)13-14-9-15(24(27,28)29)11-16(10-14)25(30,31)32/h1-4,9-12H,5-8,13H2. The van der Waals surface area contributed by atoms with Gasteiger partial charge in [-0.05, 0) is 35.9 Å². The van der Waals surface area contributed by atoms with Crippen molar-refractivity contribution in [3.63, 3.8) is 0 Å². The normalized spacial score (nSPS) is 14.5. The number of carbonyl (C=O) groups is 1. The molecule has 2 aromatic carbocycles. The predicted molar refractivity (Wildman–Crippen MR) is 129 cm³/mol. The van der Waals surface area contributed by atoms with Crippen LogP contribution in [-0.4, -0.2) is 52.2 Å². The third kappa shape index (κ3) is 5.54. The van der Waals surface area contributed by atoms with E-state index < -0.39 is 35.8 Å². The van der Waals surface area contributed by atoms with E-state index in [1.807, 2.05) is 0 Å². The number of ketones is 1. The first-order valence-electron chi connectivity index (χ1n) is 11.7. The Balaban J connectivity index is 1.58. The van der Waals surface area contributed by atoms with Gasteiger partial charge in [0.1, 0.15) is 0 Å². The second-order valence-corrected chi connectivity index (χ2v) is 9.22. The monoisotopic (exact) mass is 585 g/mol. The second-order valence-electron chi connectivity index (χ2n) is 8.81. The Kier molecular flexibility index (Phi) is 7.31. The van der Waals surface area contributed by atoms with Crippen LogP contribution in [0.3, 0.4) is 0 Å². The molecule has 40 heavy (non-hydrogen) atoms. The summed E-state index contributed by atoms with van der Waals surface area (Å²) >= 11 is 6.26. The summed E-state index contributed by atoms with van der Waals surface area (Å²) in [5.41, 5.74) is -3.07. The van der Waals surface area contributed by atoms with Crippen LogP contribution in [0.25, 0.3) is 11.3 Å². The lowest BCUT2D eigenvalue weighted by molar-refractivity contribution is -0.143. The third-order valence-corrected chi connectivity index (χ3v) is 6.48. The number of aromatic nitrogens is 4. The zero-order valence-electron chi connectivity index (χ0n) is 20.3. The molecule has 0 amide bonds. The van der Waals surface area contributed by atoms with Gasteiger partial charge in [0.2, 0.25) is 5.78 Å². The molecule has 8 nitrogen and oxygen atoms in total. The van der Waals surface area contributed by atoms with Crippen molar-refractivity contribution in [1.82, 2.24) is 20.2 Å². The molecule has 0 atom stereocenters. The zero-order chi connectivity index (χ0) is 28.7. The van der Waals surface area contributed by atoms with E-state index in [-0.39, 0.29) is 65.8 Å². The summed E-state index contributed by atoms with van der Waals surface area (Å²) in [5.74, 6) is -0.514. The van der Waals surface area contributed by atoms with Crippen LogP contribution in [0, 0.1) is 0 Å². The van der Waals surface area contributed by atoms with Crippen LogP contribution in [0.2, 0.25) is 5.02 Å². The average molecular weight is 586 g/mol. The number of morpholine rings is 1. The zero-order valence-corrected chi connectivity index (χ0v) is 21.0. The number of halogens is 7. The topological polar surface area (TPSA) is 86.3 Å². The molecule has 0 saturated carbocycles. The molecule has 0 N–H and O–H groups in total. The van der Waals surface area contributed by atoms with E-state index in [4.69, 9.17) is 20.9 Å². The van der Waals surface area contributed by atoms with Gasteiger partial charge in [-0.1, -0.05) is 34.1 Å². The average Bonchev–Trinajstić information content (AvgIpc) is 3.56. The van der Waals surface area contributed by atoms with Gasteiger partial charge in [0.15, 0.2) is 17.3 Å². The van der Waals surface area contributed by atoms with E-state index in [9.17, 15) is 31.1 Å². The van der Waals surface area contributed by atoms with E-state index in [0.717, 1.165) is 4.68 Å². The maximum atomic E-state index is 13.7. The van der Waals surface area contributed by atoms with Gasteiger partial charge in [0.25, 0.3) is 0 Å². The Morgan fingerprint density at radius 2 is 1.62 bits per heavy atom. The largest absolute Gasteiger partial charge is 0.416 e. The number of carbonyl (C=O) groups excluding carboxylic acids is 1. The fourth-order valence-electron chi connectivity index (χ4n) is 4.30. The summed E-state index contributed by atoms with van der Waals surface area (Å²) in [6, 6.07) is 7.83. The van der Waals surface area contributed by atoms with Gasteiger partial charge in [-0.3, -0.25) is 4.79 Å². The minimum atomic E-state index is -5.02. The molecular formula is C25H18ClF6N5O3. The van der Waals surface area contributed by atoms with E-state index in [0.29, 0.717) is 17.7 Å². The number of hydrogen-bond acceptors (Lipinski definition) is 7. The summed E-state index contributed by atoms with van der Waals surface area (Å²) in [6.45, 7) is 0.536. The Labute approximate surface area is 227 Å². The van der Waals surface area contributed by atoms with Crippen molar-refractivity contribution < 1.29 is 40.4 Å². The first kappa shape index (κ1) is 27.6. The number of rotatable bonds is 6. The molecule has 3 heterocycles. The fraction of sp³-hybridized carbons (Fsp3) is 0.280. The summed E-state index contributed by atoms with van der Waals surface area (Å²) in [4.78, 5) is 15.4. The summed E-state index contributed by atoms with van der Waals surface area (Å²) < 4.78 is 92.3. The Bertz CT molecular complexity index is 1510. The highest BCUT2D eigenvalue weighted by molar-refractivity contribution is 6.33. The van der Waals surface area contributed by atoms with Crippen molar-refractivity contribution >= 4 is 23.2 Å². The Hall–Kier alpha value is -3.91. The molecule has 5 rings (SSSR count). The van der Waals surface area contributed by atoms with Gasteiger partial charge in [-0.15, -0.1) is 5.10 Å². The molecule has 210 valence electrons. The van der Waals surface area contributed by atoms with Crippen molar-refractivity contribution in [2.24, 2.45) is 0 Å². The molecule has 1 aliphatic rings. The van der Waals surface area contributed by atoms with E-state index >= 15 is 0 Å². The highest BCUT2D eigenvalue weighted by Crippen LogP contribution is 2.37. The highest BCUT2D eigenvalue weighted by Gasteiger charge is 2.37. The summed E-state index contributed by atoms with van der Waals surface area (Å²) in [7, 11) is 0. The van der Waals surface area contributed by atoms with Crippen LogP contribution in [0.1, 0.15) is 32.7 Å². The fourth-order valence-corrected chi connectivity index (χ4v) is 4.52. The smallest absolute Gasteiger partial charge is 0.378 e. The molecule has 1 aliphatic heterocycles. The molecule has 0 unspecified atom stereocenters. The van der Waals surface area contributed by atoms with Crippen LogP contribution in [0.15, 0.2) is 53.2 Å². The molecule has 1 fully saturated rings. The van der Waals surface area contributed by atoms with Gasteiger partial charge < -0.3 is 14.2 Å². The van der Waals surface area contributed by atoms with Crippen molar-refractivity contribution in [3.8, 4) is 11.3 Å². The van der Waals surface area contributed by atoms with Crippen LogP contribution in [0.4, 0.5) is 32.2 Å². The third-order valence-electron chi connectivity index (χ3n) is 6.15. The number of benzene rings is 2. The number of hydrogen-bond donors (Lipinski definition) is 0. The number of anilines is 1. The van der Waals surface area contributed by atoms with Gasteiger partial charge in [-0.25, -0.2) is 4.68 Å². The highest BCUT2D eigenvalue weighted by atomic mass is 35.5. The molecule has 1 saturated heterocycles. The molecule has 2 aromatic heterocycles. The molecular weight excluding hydrogens is 568 g/mol. The molecule has 15 heteroatoms. The molecule has 0 radical (unpaired) electrons. The molecule has 0 bridgehead atoms. The molecule has 4 aromatic rings. The maximum absolute atomic E-state index is 13.7. The Morgan fingerprint density at radius 3 is 2.25 bits per heavy atom. The quantitative estimate of drug-likeness (QED) is 0.211. The second kappa shape index (κ2) is 10.6. The van der Waals surface area contributed by atoms with Crippen LogP contribution < -0.4 is 4.90 Å². The van der Waals surface area contributed by atoms with Gasteiger partial charge in [0, 0.05) is 18.7 Å². The van der Waals surface area contributed by atoms with E-state index in [2.05, 4.69) is 15.5 Å². The van der Waals surface area contributed by atoms with Crippen molar-refractivity contribution in [2.75, 3.05) is 31.2 Å². The van der Waals surface area contributed by atoms with Crippen molar-refractivity contribution in [2.45, 2.75) is 18.9 Å². The minimum Gasteiger partial charge on any atom is -0.378 e. The van der Waals surface area contributed by atoms with Gasteiger partial charge in [-0.2, -0.15) is 26.3 Å². The van der Waals surface area contributed by atoms with Crippen molar-refractivity contribution in [1.29, 1.82) is 0 Å². The minimum absolute atomic E-state index is 0.00640. The predicted octanol–water partition coefficient (Wildman–Crippen LogP) is 5.74. The molecule has 0 spiro atoms. The number of nitrogens with zero attached hydrogens (tertiary/aromatic N) is 5. The summed E-state index contributed by atoms with van der Waals surface area (Å²) in [6.07, 6.45) is -8.86. The van der Waals surface area contributed by atoms with Gasteiger partial charge in [0.05, 0.1) is 47.7 Å². The maximum Gasteiger partial charge on any atom is 0.416 e. The van der Waals surface area contributed by atoms with Crippen LogP contribution in [-0.2, 0) is 23.6 Å².